The summed E-state index contributed by atoms with van der Waals surface area (Å²) < 4.78 is 32.7. The summed E-state index contributed by atoms with van der Waals surface area (Å²) in [5.41, 5.74) is 5.33. The van der Waals surface area contributed by atoms with E-state index >= 15 is 0 Å². The van der Waals surface area contributed by atoms with E-state index < -0.39 is 51.1 Å². The average Bonchev–Trinajstić information content (AvgIpc) is 3.15. The Labute approximate surface area is 334 Å². The van der Waals surface area contributed by atoms with Crippen molar-refractivity contribution < 1.29 is 52.6 Å². The minimum absolute atomic E-state index is 0.126. The van der Waals surface area contributed by atoms with Crippen LogP contribution < -0.4 is 5.73 Å². The molecule has 0 aromatic heterocycles. The van der Waals surface area contributed by atoms with E-state index in [2.05, 4.69) is 18.4 Å². The van der Waals surface area contributed by atoms with Gasteiger partial charge in [-0.3, -0.25) is 23.4 Å². The number of phosphoric ester groups is 1. The van der Waals surface area contributed by atoms with Crippen LogP contribution in [-0.2, 0) is 37.5 Å². The molecule has 0 spiro atoms. The number of aliphatic carboxylic acids is 1. The Bertz CT molecular complexity index is 970. The van der Waals surface area contributed by atoms with Gasteiger partial charge in [0.2, 0.25) is 0 Å². The minimum Gasteiger partial charge on any atom is -0.480 e. The summed E-state index contributed by atoms with van der Waals surface area (Å²) in [5.74, 6) is -2.42. The molecule has 0 fully saturated rings. The van der Waals surface area contributed by atoms with Crippen molar-refractivity contribution in [3.63, 3.8) is 0 Å². The monoisotopic (exact) mass is 808 g/mol. The number of carbonyl (C=O) groups is 3. The minimum atomic E-state index is -4.73. The van der Waals surface area contributed by atoms with Gasteiger partial charge in [0.1, 0.15) is 12.6 Å². The zero-order valence-electron chi connectivity index (χ0n) is 34.9. The van der Waals surface area contributed by atoms with E-state index in [1.165, 1.54) is 103 Å². The Morgan fingerprint density at radius 1 is 0.545 bits per heavy atom. The van der Waals surface area contributed by atoms with Gasteiger partial charge >= 0.3 is 25.7 Å². The molecular formula is C42H82NO11P. The summed E-state index contributed by atoms with van der Waals surface area (Å²) in [6, 6.07) is -1.53. The van der Waals surface area contributed by atoms with Gasteiger partial charge in [0.15, 0.2) is 6.10 Å². The van der Waals surface area contributed by atoms with Gasteiger partial charge in [-0.25, -0.2) is 4.57 Å². The SMILES string of the molecule is CCCCCCCCCCCCCCCCCC(=O)OC[C@H](COP(=O)(O)OC[C@H](N)C(=O)O)OC(=O)CCCCCCCCC(O)CCCCCCCC. The highest BCUT2D eigenvalue weighted by molar-refractivity contribution is 7.47. The van der Waals surface area contributed by atoms with E-state index in [4.69, 9.17) is 24.8 Å². The Morgan fingerprint density at radius 2 is 0.909 bits per heavy atom. The molecular weight excluding hydrogens is 725 g/mol. The van der Waals surface area contributed by atoms with Crippen LogP contribution in [0.5, 0.6) is 0 Å². The van der Waals surface area contributed by atoms with Crippen LogP contribution >= 0.6 is 7.82 Å². The van der Waals surface area contributed by atoms with Crippen molar-refractivity contribution in [2.75, 3.05) is 19.8 Å². The van der Waals surface area contributed by atoms with Crippen LogP contribution in [0.4, 0.5) is 0 Å². The van der Waals surface area contributed by atoms with Gasteiger partial charge in [-0.2, -0.15) is 0 Å². The maximum atomic E-state index is 12.6. The van der Waals surface area contributed by atoms with Crippen molar-refractivity contribution >= 4 is 25.7 Å². The van der Waals surface area contributed by atoms with Crippen molar-refractivity contribution in [1.29, 1.82) is 0 Å². The summed E-state index contributed by atoms with van der Waals surface area (Å²) in [4.78, 5) is 45.9. The quantitative estimate of drug-likeness (QED) is 0.0260. The lowest BCUT2D eigenvalue weighted by Gasteiger charge is -2.20. The lowest BCUT2D eigenvalue weighted by atomic mass is 10.0. The van der Waals surface area contributed by atoms with Gasteiger partial charge in [0.05, 0.1) is 19.3 Å². The zero-order chi connectivity index (χ0) is 40.8. The van der Waals surface area contributed by atoms with Gasteiger partial charge in [0.25, 0.3) is 0 Å². The molecule has 0 radical (unpaired) electrons. The van der Waals surface area contributed by atoms with E-state index in [1.807, 2.05) is 0 Å². The average molecular weight is 808 g/mol. The number of unbranched alkanes of at least 4 members (excludes halogenated alkanes) is 24. The van der Waals surface area contributed by atoms with Crippen LogP contribution in [0, 0.1) is 0 Å². The first-order valence-corrected chi connectivity index (χ1v) is 23.6. The Hall–Kier alpha value is -1.56. The molecule has 0 aliphatic rings. The first-order chi connectivity index (χ1) is 26.5. The molecule has 55 heavy (non-hydrogen) atoms. The number of phosphoric acid groups is 1. The van der Waals surface area contributed by atoms with Crippen molar-refractivity contribution in [2.24, 2.45) is 5.73 Å². The summed E-state index contributed by atoms with van der Waals surface area (Å²) in [7, 11) is -4.73. The highest BCUT2D eigenvalue weighted by Gasteiger charge is 2.28. The molecule has 2 unspecified atom stereocenters. The van der Waals surface area contributed by atoms with E-state index in [0.29, 0.717) is 12.8 Å². The van der Waals surface area contributed by atoms with Crippen LogP contribution in [0.25, 0.3) is 0 Å². The van der Waals surface area contributed by atoms with E-state index in [0.717, 1.165) is 70.6 Å². The summed E-state index contributed by atoms with van der Waals surface area (Å²) >= 11 is 0. The van der Waals surface area contributed by atoms with Crippen molar-refractivity contribution in [3.05, 3.63) is 0 Å². The molecule has 12 nitrogen and oxygen atoms in total. The van der Waals surface area contributed by atoms with Crippen LogP contribution in [0.1, 0.15) is 213 Å². The normalized spacial score (nSPS) is 14.3. The second-order valence-electron chi connectivity index (χ2n) is 15.4. The predicted molar refractivity (Wildman–Crippen MR) is 219 cm³/mol. The molecule has 13 heteroatoms. The first kappa shape index (κ1) is 53.4. The molecule has 0 aliphatic carbocycles. The third-order valence-electron chi connectivity index (χ3n) is 9.93. The van der Waals surface area contributed by atoms with Crippen molar-refractivity contribution in [3.8, 4) is 0 Å². The number of carboxylic acid groups (broad SMARTS) is 1. The number of carbonyl (C=O) groups excluding carboxylic acids is 2. The molecule has 0 heterocycles. The number of esters is 2. The number of ether oxygens (including phenoxy) is 2. The van der Waals surface area contributed by atoms with E-state index in [-0.39, 0.29) is 25.6 Å². The number of aliphatic hydroxyl groups is 1. The van der Waals surface area contributed by atoms with Crippen molar-refractivity contribution in [2.45, 2.75) is 231 Å². The maximum absolute atomic E-state index is 12.6. The fourth-order valence-electron chi connectivity index (χ4n) is 6.38. The number of hydrogen-bond acceptors (Lipinski definition) is 10. The topological polar surface area (TPSA) is 192 Å². The van der Waals surface area contributed by atoms with Gasteiger partial charge in [-0.05, 0) is 25.7 Å². The Morgan fingerprint density at radius 3 is 1.33 bits per heavy atom. The van der Waals surface area contributed by atoms with Gasteiger partial charge in [-0.1, -0.05) is 174 Å². The Balaban J connectivity index is 4.37. The molecule has 0 bridgehead atoms. The summed E-state index contributed by atoms with van der Waals surface area (Å²) in [5, 5.41) is 19.1. The third kappa shape index (κ3) is 37.8. The van der Waals surface area contributed by atoms with Crippen LogP contribution in [0.15, 0.2) is 0 Å². The largest absolute Gasteiger partial charge is 0.480 e. The molecule has 326 valence electrons. The molecule has 0 aromatic carbocycles. The summed E-state index contributed by atoms with van der Waals surface area (Å²) in [6.45, 7) is 2.74. The highest BCUT2D eigenvalue weighted by atomic mass is 31.2. The van der Waals surface area contributed by atoms with Crippen LogP contribution in [-0.4, -0.2) is 71.1 Å². The molecule has 0 saturated carbocycles. The lowest BCUT2D eigenvalue weighted by Crippen LogP contribution is -2.34. The number of nitrogens with two attached hydrogens (primary N) is 1. The fraction of sp³-hybridized carbons (Fsp3) is 0.929. The molecule has 5 N–H and O–H groups in total. The third-order valence-corrected chi connectivity index (χ3v) is 10.9. The number of rotatable bonds is 42. The predicted octanol–water partition coefficient (Wildman–Crippen LogP) is 10.5. The highest BCUT2D eigenvalue weighted by Crippen LogP contribution is 2.43. The van der Waals surface area contributed by atoms with E-state index in [1.54, 1.807) is 0 Å². The molecule has 4 atom stereocenters. The second kappa shape index (κ2) is 38.0. The van der Waals surface area contributed by atoms with Gasteiger partial charge < -0.3 is 30.3 Å². The lowest BCUT2D eigenvalue weighted by molar-refractivity contribution is -0.161. The Kier molecular flexibility index (Phi) is 36.9. The van der Waals surface area contributed by atoms with Crippen LogP contribution in [0.2, 0.25) is 0 Å². The molecule has 0 rings (SSSR count). The fourth-order valence-corrected chi connectivity index (χ4v) is 7.16. The summed E-state index contributed by atoms with van der Waals surface area (Å²) in [6.07, 6.45) is 31.7. The van der Waals surface area contributed by atoms with Gasteiger partial charge in [-0.15, -0.1) is 0 Å². The standard InChI is InChI=1S/C42H82NO11P/c1-3-5-7-9-11-12-13-14-15-16-17-18-19-24-28-32-40(45)51-34-38(35-52-55(49,50)53-36-39(43)42(47)48)54-41(46)33-29-25-21-20-23-27-31-37(44)30-26-22-10-8-6-4-2/h37-39,44H,3-36,43H2,1-2H3,(H,47,48)(H,49,50)/t37?,38-,39+/m1/s1. The number of aliphatic hydroxyl groups excluding tert-OH is 1. The second-order valence-corrected chi connectivity index (χ2v) is 16.8. The molecule has 0 saturated heterocycles. The number of carboxylic acids is 1. The smallest absolute Gasteiger partial charge is 0.472 e. The number of hydrogen-bond donors (Lipinski definition) is 4. The van der Waals surface area contributed by atoms with Gasteiger partial charge in [0, 0.05) is 12.8 Å². The van der Waals surface area contributed by atoms with Crippen molar-refractivity contribution in [1.82, 2.24) is 0 Å². The van der Waals surface area contributed by atoms with Crippen LogP contribution in [0.3, 0.4) is 0 Å². The zero-order valence-corrected chi connectivity index (χ0v) is 35.8. The van der Waals surface area contributed by atoms with E-state index in [9.17, 15) is 28.9 Å². The maximum Gasteiger partial charge on any atom is 0.472 e. The molecule has 0 amide bonds. The molecule has 0 aromatic rings. The first-order valence-electron chi connectivity index (χ1n) is 22.1. The molecule has 0 aliphatic heterocycles.